The molecular weight excluding hydrogens is 266 g/mol. The van der Waals surface area contributed by atoms with E-state index >= 15 is 0 Å². The van der Waals surface area contributed by atoms with E-state index in [0.717, 1.165) is 25.8 Å². The number of hydrogen-bond acceptors (Lipinski definition) is 3. The number of nitrogens with two attached hydrogens (primary N) is 1. The molecule has 21 heavy (non-hydrogen) atoms. The molecule has 3 N–H and O–H groups in total. The lowest BCUT2D eigenvalue weighted by molar-refractivity contribution is -0.134. The lowest BCUT2D eigenvalue weighted by Gasteiger charge is -2.30. The van der Waals surface area contributed by atoms with Gasteiger partial charge in [0.05, 0.1) is 12.6 Å². The predicted molar refractivity (Wildman–Crippen MR) is 84.6 cm³/mol. The van der Waals surface area contributed by atoms with Crippen molar-refractivity contribution in [3.63, 3.8) is 0 Å². The van der Waals surface area contributed by atoms with Crippen LogP contribution in [0.15, 0.2) is 0 Å². The predicted octanol–water partition coefficient (Wildman–Crippen LogP) is 1.51. The average Bonchev–Trinajstić information content (AvgIpc) is 2.80. The van der Waals surface area contributed by atoms with Crippen LogP contribution in [0, 0.1) is 11.3 Å². The van der Waals surface area contributed by atoms with Gasteiger partial charge in [0.25, 0.3) is 0 Å². The van der Waals surface area contributed by atoms with Crippen LogP contribution in [0.4, 0.5) is 0 Å². The zero-order valence-corrected chi connectivity index (χ0v) is 14.1. The summed E-state index contributed by atoms with van der Waals surface area (Å²) >= 11 is 0. The van der Waals surface area contributed by atoms with Crippen molar-refractivity contribution >= 4 is 11.8 Å². The van der Waals surface area contributed by atoms with Gasteiger partial charge in [-0.05, 0) is 30.6 Å². The maximum Gasteiger partial charge on any atom is 0.242 e. The summed E-state index contributed by atoms with van der Waals surface area (Å²) < 4.78 is 0. The molecule has 0 aromatic heterocycles. The molecule has 1 saturated heterocycles. The van der Waals surface area contributed by atoms with E-state index in [1.165, 1.54) is 0 Å². The van der Waals surface area contributed by atoms with Crippen LogP contribution in [0.25, 0.3) is 0 Å². The molecule has 0 aromatic rings. The third kappa shape index (κ3) is 5.65. The van der Waals surface area contributed by atoms with Gasteiger partial charge in [-0.1, -0.05) is 34.6 Å². The van der Waals surface area contributed by atoms with E-state index in [2.05, 4.69) is 26.1 Å². The Morgan fingerprint density at radius 2 is 1.95 bits per heavy atom. The van der Waals surface area contributed by atoms with Gasteiger partial charge in [-0.15, -0.1) is 0 Å². The Kier molecular flexibility index (Phi) is 6.20. The molecule has 2 amide bonds. The maximum absolute atomic E-state index is 12.3. The van der Waals surface area contributed by atoms with Gasteiger partial charge in [-0.3, -0.25) is 9.59 Å². The second kappa shape index (κ2) is 7.25. The zero-order valence-electron chi connectivity index (χ0n) is 14.1. The van der Waals surface area contributed by atoms with Crippen molar-refractivity contribution in [1.82, 2.24) is 10.2 Å². The van der Waals surface area contributed by atoms with Gasteiger partial charge in [0.1, 0.15) is 0 Å². The summed E-state index contributed by atoms with van der Waals surface area (Å²) in [5, 5.41) is 2.67. The molecule has 0 spiro atoms. The standard InChI is InChI=1S/C16H31N3O2/c1-11(2)14(17)15(21)18-10-13(20)19-8-6-7-12(19)9-16(3,4)5/h11-12,14H,6-10,17H2,1-5H3,(H,18,21)/t12?,14-/m0/s1. The molecule has 1 rings (SSSR count). The fourth-order valence-corrected chi connectivity index (χ4v) is 2.77. The number of amides is 2. The van der Waals surface area contributed by atoms with Crippen LogP contribution in [0.1, 0.15) is 53.9 Å². The van der Waals surface area contributed by atoms with Crippen molar-refractivity contribution < 1.29 is 9.59 Å². The van der Waals surface area contributed by atoms with Crippen LogP contribution in [0.3, 0.4) is 0 Å². The van der Waals surface area contributed by atoms with Gasteiger partial charge in [0.2, 0.25) is 11.8 Å². The second-order valence-corrected chi connectivity index (χ2v) is 7.64. The van der Waals surface area contributed by atoms with Crippen molar-refractivity contribution in [3.05, 3.63) is 0 Å². The molecule has 1 aliphatic heterocycles. The number of hydrogen-bond donors (Lipinski definition) is 2. The quantitative estimate of drug-likeness (QED) is 0.807. The van der Waals surface area contributed by atoms with Crippen LogP contribution in [0.5, 0.6) is 0 Å². The zero-order chi connectivity index (χ0) is 16.2. The molecule has 0 aliphatic carbocycles. The van der Waals surface area contributed by atoms with Gasteiger partial charge >= 0.3 is 0 Å². The highest BCUT2D eigenvalue weighted by Crippen LogP contribution is 2.29. The van der Waals surface area contributed by atoms with E-state index in [9.17, 15) is 9.59 Å². The highest BCUT2D eigenvalue weighted by molar-refractivity contribution is 5.87. The smallest absolute Gasteiger partial charge is 0.242 e. The third-order valence-corrected chi connectivity index (χ3v) is 3.98. The molecule has 2 atom stereocenters. The molecule has 5 heteroatoms. The Balaban J connectivity index is 2.49. The molecule has 0 saturated carbocycles. The van der Waals surface area contributed by atoms with E-state index in [-0.39, 0.29) is 29.7 Å². The Bertz CT molecular complexity index is 374. The van der Waals surface area contributed by atoms with E-state index in [1.807, 2.05) is 18.7 Å². The first-order chi connectivity index (χ1) is 9.61. The van der Waals surface area contributed by atoms with Crippen molar-refractivity contribution in [2.45, 2.75) is 66.0 Å². The number of nitrogens with zero attached hydrogens (tertiary/aromatic N) is 1. The topological polar surface area (TPSA) is 75.4 Å². The number of carbonyl (C=O) groups excluding carboxylic acids is 2. The monoisotopic (exact) mass is 297 g/mol. The lowest BCUT2D eigenvalue weighted by Crippen LogP contribution is -2.49. The highest BCUT2D eigenvalue weighted by atomic mass is 16.2. The van der Waals surface area contributed by atoms with Gasteiger partial charge in [-0.25, -0.2) is 0 Å². The third-order valence-electron chi connectivity index (χ3n) is 3.98. The van der Waals surface area contributed by atoms with Gasteiger partial charge in [0.15, 0.2) is 0 Å². The van der Waals surface area contributed by atoms with Crippen molar-refractivity contribution in [3.8, 4) is 0 Å². The van der Waals surface area contributed by atoms with Crippen LogP contribution < -0.4 is 11.1 Å². The lowest BCUT2D eigenvalue weighted by atomic mass is 9.87. The number of rotatable bonds is 5. The Morgan fingerprint density at radius 1 is 1.33 bits per heavy atom. The van der Waals surface area contributed by atoms with Gasteiger partial charge in [-0.2, -0.15) is 0 Å². The summed E-state index contributed by atoms with van der Waals surface area (Å²) in [5.74, 6) is -0.170. The average molecular weight is 297 g/mol. The van der Waals surface area contributed by atoms with Crippen LogP contribution in [0.2, 0.25) is 0 Å². The van der Waals surface area contributed by atoms with Crippen molar-refractivity contribution in [2.75, 3.05) is 13.1 Å². The van der Waals surface area contributed by atoms with E-state index in [0.29, 0.717) is 6.04 Å². The van der Waals surface area contributed by atoms with E-state index in [1.54, 1.807) is 0 Å². The SMILES string of the molecule is CC(C)[C@H](N)C(=O)NCC(=O)N1CCCC1CC(C)(C)C. The molecule has 1 unspecified atom stereocenters. The maximum atomic E-state index is 12.3. The normalized spacial score (nSPS) is 20.7. The first kappa shape index (κ1) is 18.0. The largest absolute Gasteiger partial charge is 0.346 e. The minimum absolute atomic E-state index is 0.00561. The molecule has 1 heterocycles. The Labute approximate surface area is 128 Å². The molecule has 5 nitrogen and oxygen atoms in total. The van der Waals surface area contributed by atoms with Crippen LogP contribution in [-0.4, -0.2) is 41.9 Å². The molecule has 0 bridgehead atoms. The molecule has 0 radical (unpaired) electrons. The second-order valence-electron chi connectivity index (χ2n) is 7.64. The first-order valence-corrected chi connectivity index (χ1v) is 7.94. The summed E-state index contributed by atoms with van der Waals surface area (Å²) in [7, 11) is 0. The van der Waals surface area contributed by atoms with E-state index < -0.39 is 6.04 Å². The minimum Gasteiger partial charge on any atom is -0.346 e. The van der Waals surface area contributed by atoms with Crippen molar-refractivity contribution in [1.29, 1.82) is 0 Å². The van der Waals surface area contributed by atoms with Gasteiger partial charge in [0, 0.05) is 12.6 Å². The summed E-state index contributed by atoms with van der Waals surface area (Å²) in [5.41, 5.74) is 5.98. The van der Waals surface area contributed by atoms with Crippen LogP contribution in [-0.2, 0) is 9.59 Å². The summed E-state index contributed by atoms with van der Waals surface area (Å²) in [4.78, 5) is 26.0. The summed E-state index contributed by atoms with van der Waals surface area (Å²) in [6.07, 6.45) is 3.10. The molecular formula is C16H31N3O2. The highest BCUT2D eigenvalue weighted by Gasteiger charge is 2.31. The number of carbonyl (C=O) groups is 2. The number of likely N-dealkylation sites (tertiary alicyclic amines) is 1. The fourth-order valence-electron chi connectivity index (χ4n) is 2.77. The summed E-state index contributed by atoms with van der Waals surface area (Å²) in [6.45, 7) is 11.2. The summed E-state index contributed by atoms with van der Waals surface area (Å²) in [6, 6.07) is -0.255. The molecule has 122 valence electrons. The van der Waals surface area contributed by atoms with E-state index in [4.69, 9.17) is 5.73 Å². The Hall–Kier alpha value is -1.10. The molecule has 1 fully saturated rings. The Morgan fingerprint density at radius 3 is 2.48 bits per heavy atom. The molecule has 1 aliphatic rings. The minimum atomic E-state index is -0.554. The van der Waals surface area contributed by atoms with Gasteiger partial charge < -0.3 is 16.0 Å². The van der Waals surface area contributed by atoms with Crippen LogP contribution >= 0.6 is 0 Å². The van der Waals surface area contributed by atoms with Crippen molar-refractivity contribution in [2.24, 2.45) is 17.1 Å². The first-order valence-electron chi connectivity index (χ1n) is 7.94. The number of nitrogens with one attached hydrogen (secondary N) is 1. The fraction of sp³-hybridized carbons (Fsp3) is 0.875. The molecule has 0 aromatic carbocycles.